The van der Waals surface area contributed by atoms with Crippen molar-refractivity contribution in [3.05, 3.63) is 0 Å². The van der Waals surface area contributed by atoms with Crippen LogP contribution in [-0.4, -0.2) is 38.3 Å². The second-order valence-electron chi connectivity index (χ2n) is 3.48. The van der Waals surface area contributed by atoms with Crippen molar-refractivity contribution in [3.63, 3.8) is 0 Å². The summed E-state index contributed by atoms with van der Waals surface area (Å²) in [4.78, 5) is 10.9. The Morgan fingerprint density at radius 1 is 1.67 bits per heavy atom. The van der Waals surface area contributed by atoms with Gasteiger partial charge < -0.3 is 10.2 Å². The van der Waals surface area contributed by atoms with Gasteiger partial charge in [0.25, 0.3) is 0 Å². The van der Waals surface area contributed by atoms with E-state index < -0.39 is 17.6 Å². The van der Waals surface area contributed by atoms with E-state index in [1.807, 2.05) is 0 Å². The van der Waals surface area contributed by atoms with Crippen LogP contribution < -0.4 is 0 Å². The van der Waals surface area contributed by atoms with Gasteiger partial charge in [0.05, 0.1) is 6.10 Å². The van der Waals surface area contributed by atoms with Crippen molar-refractivity contribution >= 4 is 17.7 Å². The van der Waals surface area contributed by atoms with E-state index in [4.69, 9.17) is 16.9 Å². The Bertz CT molecular complexity index is 235. The maximum Gasteiger partial charge on any atom is 0.328 e. The van der Waals surface area contributed by atoms with Gasteiger partial charge in [0.2, 0.25) is 0 Å². The summed E-state index contributed by atoms with van der Waals surface area (Å²) in [6.07, 6.45) is 0.895. The topological polar surface area (TPSA) is 60.8 Å². The minimum atomic E-state index is -1.20. The third-order valence-electron chi connectivity index (χ3n) is 2.98. The number of hydrogen-bond donors (Lipinski definition) is 2. The zero-order valence-corrected chi connectivity index (χ0v) is 7.16. The molecule has 2 heterocycles. The van der Waals surface area contributed by atoms with Gasteiger partial charge in [-0.1, -0.05) is 0 Å². The lowest BCUT2D eigenvalue weighted by atomic mass is 9.85. The summed E-state index contributed by atoms with van der Waals surface area (Å²) >= 11 is 5.81. The van der Waals surface area contributed by atoms with Gasteiger partial charge in [-0.2, -0.15) is 4.42 Å². The van der Waals surface area contributed by atoms with E-state index in [2.05, 4.69) is 0 Å². The van der Waals surface area contributed by atoms with Crippen LogP contribution in [0.5, 0.6) is 0 Å². The number of aliphatic hydroxyl groups is 1. The molecule has 5 heteroatoms. The number of aliphatic hydroxyl groups excluding tert-OH is 1. The molecule has 4 nitrogen and oxygen atoms in total. The van der Waals surface area contributed by atoms with Gasteiger partial charge in [-0.15, -0.1) is 0 Å². The van der Waals surface area contributed by atoms with Gasteiger partial charge in [0.15, 0.2) is 5.54 Å². The highest BCUT2D eigenvalue weighted by molar-refractivity contribution is 6.16. The molecule has 0 unspecified atom stereocenters. The molecule has 2 aliphatic heterocycles. The fourth-order valence-electron chi connectivity index (χ4n) is 2.25. The van der Waals surface area contributed by atoms with Crippen LogP contribution in [0.25, 0.3) is 0 Å². The van der Waals surface area contributed by atoms with E-state index in [-0.39, 0.29) is 6.04 Å². The zero-order valence-electron chi connectivity index (χ0n) is 6.40. The maximum absolute atomic E-state index is 10.9. The number of carboxylic acids is 1. The molecule has 2 rings (SSSR count). The van der Waals surface area contributed by atoms with Crippen molar-refractivity contribution < 1.29 is 15.0 Å². The Morgan fingerprint density at radius 3 is 2.58 bits per heavy atom. The zero-order chi connectivity index (χ0) is 8.93. The smallest absolute Gasteiger partial charge is 0.328 e. The van der Waals surface area contributed by atoms with Gasteiger partial charge in [0, 0.05) is 6.04 Å². The summed E-state index contributed by atoms with van der Waals surface area (Å²) < 4.78 is 1.29. The standard InChI is InChI=1S/C7H10ClNO3/c8-9-4-1-2-7(9,6(11)12)5(10)3-4/h4-5,10H,1-3H2,(H,11,12)/t4-,5+,7+/m1/s1. The van der Waals surface area contributed by atoms with Crippen LogP contribution in [0.15, 0.2) is 0 Å². The van der Waals surface area contributed by atoms with Crippen LogP contribution in [0.4, 0.5) is 0 Å². The molecule has 2 fully saturated rings. The van der Waals surface area contributed by atoms with Crippen LogP contribution in [0.1, 0.15) is 19.3 Å². The van der Waals surface area contributed by atoms with Crippen LogP contribution in [0.3, 0.4) is 0 Å². The van der Waals surface area contributed by atoms with Crippen molar-refractivity contribution in [1.29, 1.82) is 0 Å². The molecule has 2 aliphatic rings. The lowest BCUT2D eigenvalue weighted by molar-refractivity contribution is -0.151. The van der Waals surface area contributed by atoms with Gasteiger partial charge in [0.1, 0.15) is 0 Å². The molecular weight excluding hydrogens is 182 g/mol. The third kappa shape index (κ3) is 0.727. The number of nitrogens with zero attached hydrogens (tertiary/aromatic N) is 1. The summed E-state index contributed by atoms with van der Waals surface area (Å²) in [7, 11) is 0. The first-order valence-corrected chi connectivity index (χ1v) is 4.29. The summed E-state index contributed by atoms with van der Waals surface area (Å²) in [5, 5.41) is 18.4. The van der Waals surface area contributed by atoms with Crippen molar-refractivity contribution in [2.24, 2.45) is 0 Å². The van der Waals surface area contributed by atoms with Crippen molar-refractivity contribution in [1.82, 2.24) is 4.42 Å². The van der Waals surface area contributed by atoms with Gasteiger partial charge in [-0.05, 0) is 31.0 Å². The van der Waals surface area contributed by atoms with Crippen molar-refractivity contribution in [2.45, 2.75) is 36.9 Å². The first-order valence-electron chi connectivity index (χ1n) is 3.95. The molecule has 0 amide bonds. The highest BCUT2D eigenvalue weighted by Crippen LogP contribution is 2.47. The minimum Gasteiger partial charge on any atom is -0.480 e. The highest BCUT2D eigenvalue weighted by Gasteiger charge is 2.62. The molecule has 2 saturated heterocycles. The van der Waals surface area contributed by atoms with Crippen molar-refractivity contribution in [2.75, 3.05) is 0 Å². The van der Waals surface area contributed by atoms with Crippen LogP contribution in [0, 0.1) is 0 Å². The lowest BCUT2D eigenvalue weighted by Crippen LogP contribution is -2.51. The molecule has 0 saturated carbocycles. The molecule has 0 aromatic carbocycles. The number of fused-ring (bicyclic) bond motifs is 2. The number of halogens is 1. The first-order chi connectivity index (χ1) is 5.59. The molecular formula is C7H10ClNO3. The van der Waals surface area contributed by atoms with E-state index >= 15 is 0 Å². The fourth-order valence-corrected chi connectivity index (χ4v) is 2.69. The average Bonchev–Trinajstić information content (AvgIpc) is 2.42. The van der Waals surface area contributed by atoms with Crippen LogP contribution in [0.2, 0.25) is 0 Å². The quantitative estimate of drug-likeness (QED) is 0.581. The molecule has 0 aromatic rings. The largest absolute Gasteiger partial charge is 0.480 e. The normalized spacial score (nSPS) is 46.8. The number of aliphatic carboxylic acids is 1. The predicted molar refractivity (Wildman–Crippen MR) is 41.7 cm³/mol. The average molecular weight is 192 g/mol. The highest BCUT2D eigenvalue weighted by atomic mass is 35.5. The summed E-state index contributed by atoms with van der Waals surface area (Å²) in [5.41, 5.74) is -1.20. The Balaban J connectivity index is 2.38. The van der Waals surface area contributed by atoms with E-state index in [0.717, 1.165) is 6.42 Å². The molecule has 68 valence electrons. The molecule has 2 bridgehead atoms. The predicted octanol–water partition coefficient (Wildman–Crippen LogP) is 0.193. The van der Waals surface area contributed by atoms with E-state index in [0.29, 0.717) is 12.8 Å². The SMILES string of the molecule is O=C(O)[C@]12CC[C@H](C[C@@H]1O)N2Cl. The maximum atomic E-state index is 10.9. The molecule has 0 spiro atoms. The van der Waals surface area contributed by atoms with Crippen LogP contribution in [-0.2, 0) is 4.79 Å². The summed E-state index contributed by atoms with van der Waals surface area (Å²) in [6, 6.07) is 0.0396. The second kappa shape index (κ2) is 2.34. The van der Waals surface area contributed by atoms with E-state index in [1.165, 1.54) is 4.42 Å². The van der Waals surface area contributed by atoms with Crippen molar-refractivity contribution in [3.8, 4) is 0 Å². The summed E-state index contributed by atoms with van der Waals surface area (Å²) in [6.45, 7) is 0. The molecule has 0 radical (unpaired) electrons. The first kappa shape index (κ1) is 8.29. The Hall–Kier alpha value is -0.320. The number of carboxylic acid groups (broad SMARTS) is 1. The third-order valence-corrected chi connectivity index (χ3v) is 3.56. The molecule has 12 heavy (non-hydrogen) atoms. The van der Waals surface area contributed by atoms with E-state index in [9.17, 15) is 9.90 Å². The monoisotopic (exact) mass is 191 g/mol. The summed E-state index contributed by atoms with van der Waals surface area (Å²) in [5.74, 6) is -1.01. The van der Waals surface area contributed by atoms with Crippen LogP contribution >= 0.6 is 11.8 Å². The Labute approximate surface area is 74.8 Å². The second-order valence-corrected chi connectivity index (χ2v) is 3.85. The Kier molecular flexibility index (Phi) is 1.62. The number of carbonyl (C=O) groups is 1. The molecule has 2 N–H and O–H groups in total. The Morgan fingerprint density at radius 2 is 2.33 bits per heavy atom. The fraction of sp³-hybridized carbons (Fsp3) is 0.857. The molecule has 0 aromatic heterocycles. The number of hydrogen-bond acceptors (Lipinski definition) is 3. The molecule has 0 aliphatic carbocycles. The van der Waals surface area contributed by atoms with E-state index in [1.54, 1.807) is 0 Å². The number of rotatable bonds is 1. The van der Waals surface area contributed by atoms with Gasteiger partial charge >= 0.3 is 5.97 Å². The lowest BCUT2D eigenvalue weighted by Gasteiger charge is -2.28. The van der Waals surface area contributed by atoms with Gasteiger partial charge in [-0.3, -0.25) is 4.79 Å². The van der Waals surface area contributed by atoms with Gasteiger partial charge in [-0.25, -0.2) is 0 Å². The minimum absolute atomic E-state index is 0.0396. The molecule has 3 atom stereocenters.